The number of hydrogen-bond acceptors (Lipinski definition) is 4. The van der Waals surface area contributed by atoms with E-state index in [1.807, 2.05) is 0 Å². The minimum atomic E-state index is -0.445. The van der Waals surface area contributed by atoms with Gasteiger partial charge in [0.15, 0.2) is 0 Å². The second-order valence-corrected chi connectivity index (χ2v) is 4.88. The molecular formula is C14H18N2O4. The molecule has 0 aliphatic carbocycles. The van der Waals surface area contributed by atoms with Crippen molar-refractivity contribution in [3.63, 3.8) is 0 Å². The van der Waals surface area contributed by atoms with Crippen molar-refractivity contribution in [2.75, 3.05) is 20.2 Å². The van der Waals surface area contributed by atoms with Gasteiger partial charge in [0.1, 0.15) is 0 Å². The van der Waals surface area contributed by atoms with E-state index in [4.69, 9.17) is 4.74 Å². The molecule has 6 heteroatoms. The number of benzene rings is 1. The van der Waals surface area contributed by atoms with Gasteiger partial charge in [-0.05, 0) is 12.8 Å². The number of ether oxygens (including phenoxy) is 1. The molecule has 0 N–H and O–H groups in total. The number of para-hydroxylation sites is 1. The van der Waals surface area contributed by atoms with Gasteiger partial charge >= 0.3 is 0 Å². The number of carbonyl (C=O) groups is 1. The number of amides is 1. The summed E-state index contributed by atoms with van der Waals surface area (Å²) >= 11 is 0. The van der Waals surface area contributed by atoms with Gasteiger partial charge in [0, 0.05) is 31.8 Å². The van der Waals surface area contributed by atoms with Crippen LogP contribution in [0.1, 0.15) is 18.4 Å². The van der Waals surface area contributed by atoms with Crippen molar-refractivity contribution in [1.82, 2.24) is 4.90 Å². The Balaban J connectivity index is 2.00. The Labute approximate surface area is 117 Å². The number of carbonyl (C=O) groups excluding carboxylic acids is 1. The van der Waals surface area contributed by atoms with Crippen molar-refractivity contribution in [1.29, 1.82) is 0 Å². The number of piperidine rings is 1. The molecule has 0 bridgehead atoms. The number of nitro groups is 1. The molecule has 1 fully saturated rings. The molecule has 1 saturated heterocycles. The van der Waals surface area contributed by atoms with Crippen LogP contribution < -0.4 is 0 Å². The fourth-order valence-electron chi connectivity index (χ4n) is 2.45. The molecule has 1 heterocycles. The van der Waals surface area contributed by atoms with Crippen LogP contribution in [0.15, 0.2) is 24.3 Å². The minimum Gasteiger partial charge on any atom is -0.381 e. The van der Waals surface area contributed by atoms with Gasteiger partial charge in [-0.1, -0.05) is 18.2 Å². The first-order chi connectivity index (χ1) is 9.61. The van der Waals surface area contributed by atoms with Gasteiger partial charge in [0.2, 0.25) is 5.91 Å². The van der Waals surface area contributed by atoms with Crippen LogP contribution in [0, 0.1) is 10.1 Å². The zero-order chi connectivity index (χ0) is 14.5. The lowest BCUT2D eigenvalue weighted by Crippen LogP contribution is -2.41. The number of likely N-dealkylation sites (tertiary alicyclic amines) is 1. The second-order valence-electron chi connectivity index (χ2n) is 4.88. The van der Waals surface area contributed by atoms with Gasteiger partial charge < -0.3 is 9.64 Å². The molecule has 0 aromatic heterocycles. The Morgan fingerprint density at radius 2 is 2.05 bits per heavy atom. The summed E-state index contributed by atoms with van der Waals surface area (Å²) in [6.45, 7) is 1.30. The molecule has 0 unspecified atom stereocenters. The lowest BCUT2D eigenvalue weighted by atomic mass is 10.1. The normalized spacial score (nSPS) is 16.1. The Hall–Kier alpha value is -1.95. The molecule has 108 valence electrons. The van der Waals surface area contributed by atoms with Crippen LogP contribution in [0.4, 0.5) is 5.69 Å². The van der Waals surface area contributed by atoms with Crippen molar-refractivity contribution in [3.8, 4) is 0 Å². The zero-order valence-electron chi connectivity index (χ0n) is 11.4. The topological polar surface area (TPSA) is 72.7 Å². The van der Waals surface area contributed by atoms with Crippen LogP contribution in [-0.2, 0) is 16.0 Å². The highest BCUT2D eigenvalue weighted by molar-refractivity contribution is 5.80. The Morgan fingerprint density at radius 3 is 2.65 bits per heavy atom. The maximum absolute atomic E-state index is 12.2. The SMILES string of the molecule is COC1CCN(C(=O)Cc2ccccc2[N+](=O)[O-])CC1. The number of nitrogens with zero attached hydrogens (tertiary/aromatic N) is 2. The van der Waals surface area contributed by atoms with Crippen LogP contribution in [0.2, 0.25) is 0 Å². The highest BCUT2D eigenvalue weighted by Gasteiger charge is 2.24. The number of rotatable bonds is 4. The van der Waals surface area contributed by atoms with Crippen molar-refractivity contribution >= 4 is 11.6 Å². The minimum absolute atomic E-state index is 0.00706. The summed E-state index contributed by atoms with van der Waals surface area (Å²) in [4.78, 5) is 24.4. The molecule has 1 amide bonds. The van der Waals surface area contributed by atoms with E-state index >= 15 is 0 Å². The third kappa shape index (κ3) is 3.33. The Morgan fingerprint density at radius 1 is 1.40 bits per heavy atom. The van der Waals surface area contributed by atoms with Crippen LogP contribution in [0.25, 0.3) is 0 Å². The van der Waals surface area contributed by atoms with Gasteiger partial charge in [-0.25, -0.2) is 0 Å². The Kier molecular flexibility index (Phi) is 4.68. The molecule has 1 aromatic carbocycles. The maximum Gasteiger partial charge on any atom is 0.273 e. The van der Waals surface area contributed by atoms with Gasteiger partial charge in [-0.3, -0.25) is 14.9 Å². The molecule has 0 atom stereocenters. The largest absolute Gasteiger partial charge is 0.381 e. The van der Waals surface area contributed by atoms with E-state index in [2.05, 4.69) is 0 Å². The monoisotopic (exact) mass is 278 g/mol. The molecule has 1 aliphatic rings. The van der Waals surface area contributed by atoms with Crippen molar-refractivity contribution in [2.45, 2.75) is 25.4 Å². The molecule has 0 radical (unpaired) electrons. The summed E-state index contributed by atoms with van der Waals surface area (Å²) in [5, 5.41) is 10.9. The molecule has 0 saturated carbocycles. The van der Waals surface area contributed by atoms with E-state index in [0.717, 1.165) is 12.8 Å². The highest BCUT2D eigenvalue weighted by atomic mass is 16.6. The molecule has 0 spiro atoms. The molecule has 1 aromatic rings. The number of hydrogen-bond donors (Lipinski definition) is 0. The summed E-state index contributed by atoms with van der Waals surface area (Å²) in [6.07, 6.45) is 1.93. The van der Waals surface area contributed by atoms with Crippen molar-refractivity contribution < 1.29 is 14.5 Å². The molecular weight excluding hydrogens is 260 g/mol. The number of methoxy groups -OCH3 is 1. The summed E-state index contributed by atoms with van der Waals surface area (Å²) < 4.78 is 5.26. The van der Waals surface area contributed by atoms with E-state index in [1.54, 1.807) is 30.2 Å². The second kappa shape index (κ2) is 6.47. The molecule has 2 rings (SSSR count). The zero-order valence-corrected chi connectivity index (χ0v) is 11.4. The third-order valence-electron chi connectivity index (χ3n) is 3.66. The van der Waals surface area contributed by atoms with Gasteiger partial charge in [0.25, 0.3) is 5.69 Å². The fourth-order valence-corrected chi connectivity index (χ4v) is 2.45. The highest BCUT2D eigenvalue weighted by Crippen LogP contribution is 2.20. The third-order valence-corrected chi connectivity index (χ3v) is 3.66. The first-order valence-corrected chi connectivity index (χ1v) is 6.64. The van der Waals surface area contributed by atoms with E-state index in [1.165, 1.54) is 6.07 Å². The maximum atomic E-state index is 12.2. The average Bonchev–Trinajstić information content (AvgIpc) is 2.47. The number of nitro benzene ring substituents is 1. The smallest absolute Gasteiger partial charge is 0.273 e. The predicted molar refractivity (Wildman–Crippen MR) is 73.4 cm³/mol. The standard InChI is InChI=1S/C14H18N2O4/c1-20-12-6-8-15(9-7-12)14(17)10-11-4-2-3-5-13(11)16(18)19/h2-5,12H,6-10H2,1H3. The van der Waals surface area contributed by atoms with Crippen LogP contribution >= 0.6 is 0 Å². The van der Waals surface area contributed by atoms with Crippen LogP contribution in [0.3, 0.4) is 0 Å². The van der Waals surface area contributed by atoms with E-state index in [9.17, 15) is 14.9 Å². The van der Waals surface area contributed by atoms with Gasteiger partial charge in [-0.15, -0.1) is 0 Å². The summed E-state index contributed by atoms with van der Waals surface area (Å²) in [6, 6.07) is 6.39. The van der Waals surface area contributed by atoms with E-state index < -0.39 is 4.92 Å². The molecule has 1 aliphatic heterocycles. The van der Waals surface area contributed by atoms with E-state index in [0.29, 0.717) is 18.7 Å². The Bertz CT molecular complexity index is 496. The molecule has 20 heavy (non-hydrogen) atoms. The van der Waals surface area contributed by atoms with Gasteiger partial charge in [0.05, 0.1) is 17.4 Å². The first kappa shape index (κ1) is 14.5. The average molecular weight is 278 g/mol. The summed E-state index contributed by atoms with van der Waals surface area (Å²) in [7, 11) is 1.68. The van der Waals surface area contributed by atoms with Crippen LogP contribution in [0.5, 0.6) is 0 Å². The lowest BCUT2D eigenvalue weighted by Gasteiger charge is -2.31. The molecule has 6 nitrogen and oxygen atoms in total. The van der Waals surface area contributed by atoms with Crippen LogP contribution in [-0.4, -0.2) is 42.0 Å². The lowest BCUT2D eigenvalue weighted by molar-refractivity contribution is -0.385. The van der Waals surface area contributed by atoms with Crippen molar-refractivity contribution in [3.05, 3.63) is 39.9 Å². The first-order valence-electron chi connectivity index (χ1n) is 6.64. The fraction of sp³-hybridized carbons (Fsp3) is 0.500. The quantitative estimate of drug-likeness (QED) is 0.621. The predicted octanol–water partition coefficient (Wildman–Crippen LogP) is 1.77. The van der Waals surface area contributed by atoms with E-state index in [-0.39, 0.29) is 24.1 Å². The van der Waals surface area contributed by atoms with Crippen molar-refractivity contribution in [2.24, 2.45) is 0 Å². The summed E-state index contributed by atoms with van der Waals surface area (Å²) in [5.74, 6) is -0.0612. The summed E-state index contributed by atoms with van der Waals surface area (Å²) in [5.41, 5.74) is 0.476. The van der Waals surface area contributed by atoms with Gasteiger partial charge in [-0.2, -0.15) is 0 Å².